The van der Waals surface area contributed by atoms with E-state index in [0.29, 0.717) is 11.8 Å². The molecule has 3 unspecified atom stereocenters. The summed E-state index contributed by atoms with van der Waals surface area (Å²) >= 11 is 1.90. The Kier molecular flexibility index (Phi) is 9.74. The molecule has 1 spiro atoms. The van der Waals surface area contributed by atoms with Gasteiger partial charge in [-0.1, -0.05) is 183 Å². The van der Waals surface area contributed by atoms with Gasteiger partial charge >= 0.3 is 0 Å². The molecule has 3 heteroatoms. The summed E-state index contributed by atoms with van der Waals surface area (Å²) in [5.74, 6) is 0.794. The van der Waals surface area contributed by atoms with Gasteiger partial charge < -0.3 is 9.80 Å². The second-order valence-electron chi connectivity index (χ2n) is 19.4. The topological polar surface area (TPSA) is 6.48 Å². The summed E-state index contributed by atoms with van der Waals surface area (Å²) in [6.07, 6.45) is 4.83. The van der Waals surface area contributed by atoms with Gasteiger partial charge in [0.1, 0.15) is 0 Å². The zero-order valence-corrected chi connectivity index (χ0v) is 39.7. The molecule has 1 fully saturated rings. The van der Waals surface area contributed by atoms with Gasteiger partial charge in [0.2, 0.25) is 0 Å². The number of benzene rings is 10. The predicted molar refractivity (Wildman–Crippen MR) is 296 cm³/mol. The maximum atomic E-state index is 2.66. The number of hydrogen-bond acceptors (Lipinski definition) is 3. The van der Waals surface area contributed by atoms with Gasteiger partial charge in [-0.2, -0.15) is 0 Å². The second-order valence-corrected chi connectivity index (χ2v) is 20.4. The molecular weight excluding hydrogens is 865 g/mol. The highest BCUT2D eigenvalue weighted by atomic mass is 32.1. The van der Waals surface area contributed by atoms with E-state index in [-0.39, 0.29) is 0 Å². The molecule has 334 valence electrons. The van der Waals surface area contributed by atoms with E-state index in [4.69, 9.17) is 0 Å². The molecule has 1 saturated carbocycles. The van der Waals surface area contributed by atoms with Crippen LogP contribution in [0.2, 0.25) is 0 Å². The van der Waals surface area contributed by atoms with Crippen molar-refractivity contribution >= 4 is 65.6 Å². The summed E-state index contributed by atoms with van der Waals surface area (Å²) in [5.41, 5.74) is 20.1. The van der Waals surface area contributed by atoms with Crippen LogP contribution in [0.15, 0.2) is 243 Å². The first-order valence-electron chi connectivity index (χ1n) is 25.0. The van der Waals surface area contributed by atoms with Crippen LogP contribution < -0.4 is 9.80 Å². The standard InChI is InChI=1S/C67H50N2S/c1-6-23-45(24-7-1)54-41-56-50-33-16-19-37-58(50)67(60(56)43-63(54)68(47-27-10-3-11-28-47)48-29-12-4-13-30-48)59-38-20-17-34-51(59)57-42-55(46-25-8-2-9-26-46)64(44-61(57)67)69(49-31-14-5-15-32-49)62-39-22-36-53-52-35-18-21-40-65(52)70-66(53)62/h1-15,17-18,20-32,34-36,38-44,50,58H,16,19,33,37H2. The molecule has 2 nitrogen and oxygen atoms in total. The van der Waals surface area contributed by atoms with Crippen LogP contribution in [0, 0.1) is 5.92 Å². The van der Waals surface area contributed by atoms with Gasteiger partial charge in [-0.3, -0.25) is 0 Å². The number of hydrogen-bond donors (Lipinski definition) is 0. The van der Waals surface area contributed by atoms with Gasteiger partial charge in [0, 0.05) is 43.7 Å². The van der Waals surface area contributed by atoms with Gasteiger partial charge in [0.15, 0.2) is 0 Å². The Labute approximate surface area is 414 Å². The second kappa shape index (κ2) is 16.6. The van der Waals surface area contributed by atoms with Crippen LogP contribution in [0.3, 0.4) is 0 Å². The van der Waals surface area contributed by atoms with Crippen LogP contribution in [-0.2, 0) is 5.41 Å². The Morgan fingerprint density at radius 1 is 0.371 bits per heavy atom. The molecule has 0 radical (unpaired) electrons. The van der Waals surface area contributed by atoms with E-state index in [1.54, 1.807) is 0 Å². The lowest BCUT2D eigenvalue weighted by atomic mass is 9.62. The van der Waals surface area contributed by atoms with E-state index >= 15 is 0 Å². The van der Waals surface area contributed by atoms with Crippen LogP contribution in [0.4, 0.5) is 34.1 Å². The number of rotatable bonds is 8. The highest BCUT2D eigenvalue weighted by molar-refractivity contribution is 7.26. The van der Waals surface area contributed by atoms with Gasteiger partial charge in [-0.05, 0) is 142 Å². The minimum atomic E-state index is -0.398. The summed E-state index contributed by atoms with van der Waals surface area (Å²) in [6.45, 7) is 0. The average Bonchev–Trinajstić information content (AvgIpc) is 4.06. The molecule has 0 amide bonds. The Bertz CT molecular complexity index is 3700. The molecular formula is C67H50N2S. The first-order chi connectivity index (χ1) is 34.8. The van der Waals surface area contributed by atoms with Crippen molar-refractivity contribution in [3.63, 3.8) is 0 Å². The molecule has 0 aliphatic heterocycles. The van der Waals surface area contributed by atoms with E-state index in [1.165, 1.54) is 119 Å². The smallest absolute Gasteiger partial charge is 0.0640 e. The lowest BCUT2D eigenvalue weighted by Crippen LogP contribution is -2.35. The molecule has 1 heterocycles. The fourth-order valence-corrected chi connectivity index (χ4v) is 14.3. The third-order valence-corrected chi connectivity index (χ3v) is 17.0. The van der Waals surface area contributed by atoms with Crippen molar-refractivity contribution in [3.8, 4) is 33.4 Å². The predicted octanol–water partition coefficient (Wildman–Crippen LogP) is 18.9. The third kappa shape index (κ3) is 6.24. The number of thiophene rings is 1. The maximum Gasteiger partial charge on any atom is 0.0640 e. The first kappa shape index (κ1) is 41.0. The van der Waals surface area contributed by atoms with Crippen molar-refractivity contribution in [2.75, 3.05) is 9.80 Å². The Hall–Kier alpha value is -7.98. The van der Waals surface area contributed by atoms with Crippen LogP contribution in [-0.4, -0.2) is 0 Å². The van der Waals surface area contributed by atoms with E-state index in [2.05, 4.69) is 252 Å². The van der Waals surface area contributed by atoms with Crippen LogP contribution in [0.5, 0.6) is 0 Å². The largest absolute Gasteiger partial charge is 0.310 e. The van der Waals surface area contributed by atoms with E-state index in [1.807, 2.05) is 11.3 Å². The van der Waals surface area contributed by atoms with E-state index < -0.39 is 5.41 Å². The van der Waals surface area contributed by atoms with Crippen molar-refractivity contribution < 1.29 is 0 Å². The van der Waals surface area contributed by atoms with Crippen LogP contribution in [0.25, 0.3) is 53.6 Å². The Balaban J connectivity index is 1.11. The minimum absolute atomic E-state index is 0.381. The van der Waals surface area contributed by atoms with Gasteiger partial charge in [-0.25, -0.2) is 0 Å². The number of anilines is 6. The number of para-hydroxylation sites is 3. The number of fused-ring (bicyclic) bond motifs is 13. The summed E-state index contributed by atoms with van der Waals surface area (Å²) in [6, 6.07) is 91.1. The minimum Gasteiger partial charge on any atom is -0.310 e. The quantitative estimate of drug-likeness (QED) is 0.150. The highest BCUT2D eigenvalue weighted by Gasteiger charge is 2.59. The molecule has 0 bridgehead atoms. The summed E-state index contributed by atoms with van der Waals surface area (Å²) in [7, 11) is 0. The Morgan fingerprint density at radius 2 is 0.900 bits per heavy atom. The molecule has 3 aliphatic rings. The lowest BCUT2D eigenvalue weighted by Gasteiger charge is -2.40. The molecule has 70 heavy (non-hydrogen) atoms. The van der Waals surface area contributed by atoms with Crippen molar-refractivity contribution in [2.24, 2.45) is 5.92 Å². The van der Waals surface area contributed by atoms with E-state index in [0.717, 1.165) is 17.1 Å². The third-order valence-electron chi connectivity index (χ3n) is 15.8. The molecule has 14 rings (SSSR count). The summed E-state index contributed by atoms with van der Waals surface area (Å²) in [5, 5.41) is 2.60. The highest BCUT2D eigenvalue weighted by Crippen LogP contribution is 2.69. The van der Waals surface area contributed by atoms with Crippen molar-refractivity contribution in [2.45, 2.75) is 37.0 Å². The monoisotopic (exact) mass is 914 g/mol. The average molecular weight is 915 g/mol. The molecule has 0 N–H and O–H groups in total. The molecule has 0 saturated heterocycles. The molecule has 10 aromatic carbocycles. The fourth-order valence-electron chi connectivity index (χ4n) is 13.1. The van der Waals surface area contributed by atoms with Crippen molar-refractivity contribution in [3.05, 3.63) is 265 Å². The van der Waals surface area contributed by atoms with Crippen molar-refractivity contribution in [1.82, 2.24) is 0 Å². The lowest BCUT2D eigenvalue weighted by molar-refractivity contribution is 0.266. The fraction of sp³-hybridized carbons (Fsp3) is 0.104. The maximum absolute atomic E-state index is 2.66. The molecule has 3 aliphatic carbocycles. The van der Waals surface area contributed by atoms with E-state index in [9.17, 15) is 0 Å². The Morgan fingerprint density at radius 3 is 1.59 bits per heavy atom. The summed E-state index contributed by atoms with van der Waals surface area (Å²) in [4.78, 5) is 5.09. The molecule has 3 atom stereocenters. The zero-order chi connectivity index (χ0) is 46.2. The van der Waals surface area contributed by atoms with Crippen LogP contribution in [0.1, 0.15) is 53.9 Å². The van der Waals surface area contributed by atoms with Gasteiger partial charge in [0.05, 0.1) is 27.2 Å². The first-order valence-corrected chi connectivity index (χ1v) is 25.8. The number of nitrogens with zero attached hydrogens (tertiary/aromatic N) is 2. The molecule has 11 aromatic rings. The van der Waals surface area contributed by atoms with Crippen molar-refractivity contribution in [1.29, 1.82) is 0 Å². The molecule has 1 aromatic heterocycles. The summed E-state index contributed by atoms with van der Waals surface area (Å²) < 4.78 is 2.60. The zero-order valence-electron chi connectivity index (χ0n) is 38.9. The normalized spacial score (nSPS) is 17.5. The van der Waals surface area contributed by atoms with Crippen LogP contribution >= 0.6 is 11.3 Å². The van der Waals surface area contributed by atoms with Gasteiger partial charge in [-0.15, -0.1) is 11.3 Å². The SMILES string of the molecule is c1ccc(-c2cc3c(cc2N(c2ccccc2)c2ccccc2)C2(c4ccccc4-c4cc(-c5ccccc5)c(N(c5ccccc5)c5cccc6c5sc5ccccc56)cc42)C2CCCCC32)cc1. The van der Waals surface area contributed by atoms with Gasteiger partial charge in [0.25, 0.3) is 0 Å².